The number of carbonyl (C=O) groups excluding carboxylic acids is 1. The van der Waals surface area contributed by atoms with Crippen LogP contribution in [0.3, 0.4) is 0 Å². The van der Waals surface area contributed by atoms with Crippen LogP contribution in [0.25, 0.3) is 6.08 Å². The average molecular weight is 562 g/mol. The Labute approximate surface area is 212 Å². The van der Waals surface area contributed by atoms with E-state index in [-0.39, 0.29) is 18.2 Å². The van der Waals surface area contributed by atoms with Gasteiger partial charge >= 0.3 is 0 Å². The molecule has 166 valence electrons. The Morgan fingerprint density at radius 3 is 2.61 bits per heavy atom. The molecular formula is C23H14BrClN2O4S2. The number of hydrogen-bond donors (Lipinski definition) is 0. The Balaban J connectivity index is 1.53. The summed E-state index contributed by atoms with van der Waals surface area (Å²) < 4.78 is 6.85. The molecule has 0 saturated carbocycles. The van der Waals surface area contributed by atoms with Gasteiger partial charge in [0, 0.05) is 12.1 Å². The van der Waals surface area contributed by atoms with Crippen molar-refractivity contribution in [2.45, 2.75) is 6.61 Å². The molecule has 1 amide bonds. The van der Waals surface area contributed by atoms with E-state index in [1.54, 1.807) is 30.3 Å². The maximum atomic E-state index is 12.9. The molecule has 0 N–H and O–H groups in total. The minimum absolute atomic E-state index is 0.00979. The van der Waals surface area contributed by atoms with Gasteiger partial charge in [-0.15, -0.1) is 0 Å². The highest BCUT2D eigenvalue weighted by atomic mass is 79.9. The van der Waals surface area contributed by atoms with Gasteiger partial charge < -0.3 is 4.74 Å². The quantitative estimate of drug-likeness (QED) is 0.140. The molecule has 33 heavy (non-hydrogen) atoms. The highest BCUT2D eigenvalue weighted by Gasteiger charge is 2.33. The van der Waals surface area contributed by atoms with Crippen LogP contribution in [0.2, 0.25) is 5.02 Å². The maximum Gasteiger partial charge on any atom is 0.270 e. The molecule has 1 aliphatic rings. The van der Waals surface area contributed by atoms with Crippen molar-refractivity contribution in [3.63, 3.8) is 0 Å². The SMILES string of the molecule is O=C1/C(=C\c2cc(Cl)c(OCc3cccc([N+](=O)[O-])c3)c(Br)c2)SC(=S)N1c1ccccc1. The van der Waals surface area contributed by atoms with Crippen LogP contribution in [0.4, 0.5) is 11.4 Å². The summed E-state index contributed by atoms with van der Waals surface area (Å²) in [5.41, 5.74) is 2.04. The first-order valence-electron chi connectivity index (χ1n) is 9.51. The Bertz CT molecular complexity index is 1280. The molecule has 4 rings (SSSR count). The minimum Gasteiger partial charge on any atom is -0.486 e. The second-order valence-electron chi connectivity index (χ2n) is 6.88. The van der Waals surface area contributed by atoms with E-state index in [2.05, 4.69) is 15.9 Å². The lowest BCUT2D eigenvalue weighted by atomic mass is 10.2. The van der Waals surface area contributed by atoms with Crippen molar-refractivity contribution in [1.29, 1.82) is 0 Å². The molecule has 0 atom stereocenters. The molecule has 0 radical (unpaired) electrons. The van der Waals surface area contributed by atoms with E-state index in [4.69, 9.17) is 28.6 Å². The van der Waals surface area contributed by atoms with Gasteiger partial charge in [0.15, 0.2) is 10.1 Å². The molecular weight excluding hydrogens is 548 g/mol. The van der Waals surface area contributed by atoms with Crippen molar-refractivity contribution < 1.29 is 14.5 Å². The molecule has 0 unspecified atom stereocenters. The predicted octanol–water partition coefficient (Wildman–Crippen LogP) is 7.00. The van der Waals surface area contributed by atoms with Crippen LogP contribution in [0.15, 0.2) is 76.1 Å². The number of nitro benzene ring substituents is 1. The summed E-state index contributed by atoms with van der Waals surface area (Å²) in [5, 5.41) is 11.3. The fourth-order valence-corrected chi connectivity index (χ4v) is 5.42. The number of anilines is 1. The first-order valence-corrected chi connectivity index (χ1v) is 11.9. The molecule has 1 fully saturated rings. The van der Waals surface area contributed by atoms with Gasteiger partial charge in [-0.1, -0.05) is 65.9 Å². The summed E-state index contributed by atoms with van der Waals surface area (Å²) in [6, 6.07) is 18.9. The number of rotatable bonds is 6. The summed E-state index contributed by atoms with van der Waals surface area (Å²) in [4.78, 5) is 25.4. The van der Waals surface area contributed by atoms with Crippen molar-refractivity contribution in [2.75, 3.05) is 4.90 Å². The van der Waals surface area contributed by atoms with Crippen molar-refractivity contribution in [3.05, 3.63) is 102 Å². The number of carbonyl (C=O) groups is 1. The predicted molar refractivity (Wildman–Crippen MR) is 139 cm³/mol. The number of amides is 1. The first kappa shape index (κ1) is 23.4. The number of benzene rings is 3. The van der Waals surface area contributed by atoms with E-state index in [0.717, 1.165) is 0 Å². The number of nitro groups is 1. The van der Waals surface area contributed by atoms with Gasteiger partial charge in [0.05, 0.1) is 25.0 Å². The summed E-state index contributed by atoms with van der Waals surface area (Å²) >= 11 is 16.5. The van der Waals surface area contributed by atoms with Crippen molar-refractivity contribution in [3.8, 4) is 5.75 Å². The fourth-order valence-electron chi connectivity index (χ4n) is 3.13. The molecule has 0 aromatic heterocycles. The molecule has 1 heterocycles. The fraction of sp³-hybridized carbons (Fsp3) is 0.0435. The molecule has 10 heteroatoms. The highest BCUT2D eigenvalue weighted by molar-refractivity contribution is 9.10. The molecule has 0 bridgehead atoms. The van der Waals surface area contributed by atoms with E-state index in [9.17, 15) is 14.9 Å². The number of non-ortho nitro benzene ring substituents is 1. The normalized spacial score (nSPS) is 14.7. The summed E-state index contributed by atoms with van der Waals surface area (Å²) in [5.74, 6) is 0.201. The number of para-hydroxylation sites is 1. The zero-order valence-electron chi connectivity index (χ0n) is 16.7. The van der Waals surface area contributed by atoms with E-state index < -0.39 is 4.92 Å². The average Bonchev–Trinajstić information content (AvgIpc) is 3.06. The molecule has 1 aliphatic heterocycles. The monoisotopic (exact) mass is 560 g/mol. The third kappa shape index (κ3) is 5.27. The number of thiocarbonyl (C=S) groups is 1. The first-order chi connectivity index (χ1) is 15.8. The van der Waals surface area contributed by atoms with Crippen LogP contribution in [0.1, 0.15) is 11.1 Å². The Hall–Kier alpha value is -2.72. The van der Waals surface area contributed by atoms with Gasteiger partial charge in [-0.2, -0.15) is 0 Å². The van der Waals surface area contributed by atoms with Gasteiger partial charge in [0.1, 0.15) is 6.61 Å². The lowest BCUT2D eigenvalue weighted by Gasteiger charge is -2.14. The third-order valence-electron chi connectivity index (χ3n) is 4.63. The van der Waals surface area contributed by atoms with Crippen molar-refractivity contribution in [1.82, 2.24) is 0 Å². The Morgan fingerprint density at radius 1 is 1.15 bits per heavy atom. The standard InChI is InChI=1S/C23H14BrClN2O4S2/c24-18-10-15(12-20-22(28)26(23(32)33-20)16-6-2-1-3-7-16)11-19(25)21(18)31-13-14-5-4-8-17(9-14)27(29)30/h1-12H,13H2/b20-12+. The summed E-state index contributed by atoms with van der Waals surface area (Å²) in [7, 11) is 0. The number of halogens is 2. The molecule has 1 saturated heterocycles. The number of thioether (sulfide) groups is 1. The van der Waals surface area contributed by atoms with Crippen molar-refractivity contribution >= 4 is 79.2 Å². The topological polar surface area (TPSA) is 72.7 Å². The van der Waals surface area contributed by atoms with Gasteiger partial charge in [-0.3, -0.25) is 19.8 Å². The molecule has 0 spiro atoms. The van der Waals surface area contributed by atoms with E-state index in [1.165, 1.54) is 28.8 Å². The molecule has 3 aromatic carbocycles. The van der Waals surface area contributed by atoms with Gasteiger partial charge in [-0.25, -0.2) is 0 Å². The maximum absolute atomic E-state index is 12.9. The lowest BCUT2D eigenvalue weighted by molar-refractivity contribution is -0.384. The van der Waals surface area contributed by atoms with E-state index in [1.807, 2.05) is 30.3 Å². The van der Waals surface area contributed by atoms with Crippen molar-refractivity contribution in [2.24, 2.45) is 0 Å². The van der Waals surface area contributed by atoms with Gasteiger partial charge in [0.2, 0.25) is 0 Å². The number of ether oxygens (including phenoxy) is 1. The second-order valence-corrected chi connectivity index (χ2v) is 9.82. The van der Waals surface area contributed by atoms with Crippen LogP contribution in [-0.2, 0) is 11.4 Å². The number of nitrogens with zero attached hydrogens (tertiary/aromatic N) is 2. The summed E-state index contributed by atoms with van der Waals surface area (Å²) in [6.45, 7) is 0.106. The van der Waals surface area contributed by atoms with Crippen LogP contribution < -0.4 is 9.64 Å². The minimum atomic E-state index is -0.457. The van der Waals surface area contributed by atoms with Gasteiger partial charge in [0.25, 0.3) is 11.6 Å². The number of hydrogen-bond acceptors (Lipinski definition) is 6. The summed E-state index contributed by atoms with van der Waals surface area (Å²) in [6.07, 6.45) is 1.73. The molecule has 6 nitrogen and oxygen atoms in total. The second kappa shape index (κ2) is 10.0. The van der Waals surface area contributed by atoms with E-state index >= 15 is 0 Å². The van der Waals surface area contributed by atoms with Crippen LogP contribution in [0.5, 0.6) is 5.75 Å². The largest absolute Gasteiger partial charge is 0.486 e. The highest BCUT2D eigenvalue weighted by Crippen LogP contribution is 2.39. The van der Waals surface area contributed by atoms with Crippen LogP contribution in [-0.4, -0.2) is 15.2 Å². The Kier molecular flexibility index (Phi) is 7.14. The van der Waals surface area contributed by atoms with Crippen LogP contribution in [0, 0.1) is 10.1 Å². The zero-order valence-corrected chi connectivity index (χ0v) is 20.7. The molecule has 0 aliphatic carbocycles. The zero-order chi connectivity index (χ0) is 23.5. The third-order valence-corrected chi connectivity index (χ3v) is 6.80. The van der Waals surface area contributed by atoms with Crippen LogP contribution >= 0.6 is 51.5 Å². The lowest BCUT2D eigenvalue weighted by Crippen LogP contribution is -2.27. The molecule has 3 aromatic rings. The smallest absolute Gasteiger partial charge is 0.270 e. The Morgan fingerprint density at radius 2 is 1.91 bits per heavy atom. The van der Waals surface area contributed by atoms with E-state index in [0.29, 0.717) is 41.3 Å². The van der Waals surface area contributed by atoms with Gasteiger partial charge in [-0.05, 0) is 57.4 Å².